The Labute approximate surface area is 161 Å². The highest BCUT2D eigenvalue weighted by Gasteiger charge is 2.31. The molecule has 146 valence electrons. The number of rotatable bonds is 6. The molecule has 0 aliphatic carbocycles. The summed E-state index contributed by atoms with van der Waals surface area (Å²) in [5.41, 5.74) is -1.38. The molecule has 2 aromatic rings. The lowest BCUT2D eigenvalue weighted by atomic mass is 10.2. The van der Waals surface area contributed by atoms with Crippen LogP contribution in [0.3, 0.4) is 0 Å². The zero-order chi connectivity index (χ0) is 20.4. The maximum atomic E-state index is 12.7. The normalized spacial score (nSPS) is 13.7. The van der Waals surface area contributed by atoms with E-state index in [0.29, 0.717) is 6.07 Å². The van der Waals surface area contributed by atoms with Crippen molar-refractivity contribution < 1.29 is 32.1 Å². The first-order valence-corrected chi connectivity index (χ1v) is 10.7. The first kappa shape index (κ1) is 21.3. The van der Waals surface area contributed by atoms with Gasteiger partial charge in [0, 0.05) is 18.8 Å². The summed E-state index contributed by atoms with van der Waals surface area (Å²) in [6.45, 7) is -1.91. The van der Waals surface area contributed by atoms with Gasteiger partial charge >= 0.3 is 11.9 Å². The van der Waals surface area contributed by atoms with Gasteiger partial charge in [-0.15, -0.1) is 0 Å². The highest BCUT2D eigenvalue weighted by molar-refractivity contribution is 7.88. The Morgan fingerprint density at radius 3 is 2.37 bits per heavy atom. The SMILES string of the molecule is CP(=O)(Cl)COc1cc(Oc2ccc(C(F)(F)F)cc2Cl)ccc1[N+](=O)[O-]. The molecule has 0 heterocycles. The van der Waals surface area contributed by atoms with E-state index >= 15 is 0 Å². The number of benzene rings is 2. The highest BCUT2D eigenvalue weighted by atomic mass is 35.7. The fraction of sp³-hybridized carbons (Fsp3) is 0.200. The fourth-order valence-corrected chi connectivity index (χ4v) is 2.63. The Bertz CT molecular complexity index is 917. The molecule has 0 aliphatic rings. The molecule has 1 atom stereocenters. The predicted molar refractivity (Wildman–Crippen MR) is 94.5 cm³/mol. The molecule has 27 heavy (non-hydrogen) atoms. The molecule has 12 heteroatoms. The minimum atomic E-state index is -4.56. The lowest BCUT2D eigenvalue weighted by Crippen LogP contribution is -2.04. The Balaban J connectivity index is 2.31. The van der Waals surface area contributed by atoms with Crippen LogP contribution < -0.4 is 9.47 Å². The van der Waals surface area contributed by atoms with Crippen LogP contribution in [-0.2, 0) is 10.7 Å². The van der Waals surface area contributed by atoms with Crippen molar-refractivity contribution in [2.24, 2.45) is 0 Å². The van der Waals surface area contributed by atoms with E-state index in [1.165, 1.54) is 12.7 Å². The zero-order valence-corrected chi connectivity index (χ0v) is 15.9. The van der Waals surface area contributed by atoms with E-state index in [2.05, 4.69) is 0 Å². The molecule has 2 rings (SSSR count). The summed E-state index contributed by atoms with van der Waals surface area (Å²) in [6.07, 6.45) is -5.02. The molecule has 0 amide bonds. The van der Waals surface area contributed by atoms with E-state index in [-0.39, 0.29) is 22.3 Å². The van der Waals surface area contributed by atoms with Crippen LogP contribution in [0.1, 0.15) is 5.56 Å². The topological polar surface area (TPSA) is 78.7 Å². The third kappa shape index (κ3) is 6.02. The van der Waals surface area contributed by atoms with Gasteiger partial charge in [-0.2, -0.15) is 13.2 Å². The molecular weight excluding hydrogens is 433 g/mol. The van der Waals surface area contributed by atoms with Gasteiger partial charge in [0.1, 0.15) is 11.5 Å². The van der Waals surface area contributed by atoms with Crippen LogP contribution in [-0.4, -0.2) is 17.9 Å². The second-order valence-electron chi connectivity index (χ2n) is 5.39. The van der Waals surface area contributed by atoms with Gasteiger partial charge in [-0.3, -0.25) is 10.1 Å². The molecule has 1 unspecified atom stereocenters. The van der Waals surface area contributed by atoms with Gasteiger partial charge in [0.25, 0.3) is 0 Å². The molecule has 6 nitrogen and oxygen atoms in total. The number of halogens is 5. The smallest absolute Gasteiger partial charge is 0.416 e. The second kappa shape index (κ2) is 7.96. The van der Waals surface area contributed by atoms with E-state index < -0.39 is 35.2 Å². The van der Waals surface area contributed by atoms with Gasteiger partial charge in [0.05, 0.1) is 15.5 Å². The summed E-state index contributed by atoms with van der Waals surface area (Å²) < 4.78 is 60.1. The average Bonchev–Trinajstić information content (AvgIpc) is 2.53. The van der Waals surface area contributed by atoms with E-state index in [1.807, 2.05) is 0 Å². The van der Waals surface area contributed by atoms with Crippen LogP contribution >= 0.6 is 29.3 Å². The molecule has 0 fully saturated rings. The van der Waals surface area contributed by atoms with E-state index in [0.717, 1.165) is 24.3 Å². The molecule has 0 saturated carbocycles. The second-order valence-corrected chi connectivity index (χ2v) is 10.2. The molecule has 0 spiro atoms. The van der Waals surface area contributed by atoms with Gasteiger partial charge in [-0.25, -0.2) is 0 Å². The Hall–Kier alpha value is -1.96. The predicted octanol–water partition coefficient (Wildman–Crippen LogP) is 6.54. The van der Waals surface area contributed by atoms with Crippen LogP contribution in [0.25, 0.3) is 0 Å². The van der Waals surface area contributed by atoms with Crippen LogP contribution in [0.5, 0.6) is 17.2 Å². The van der Waals surface area contributed by atoms with Crippen molar-refractivity contribution >= 4 is 35.0 Å². The highest BCUT2D eigenvalue weighted by Crippen LogP contribution is 2.47. The van der Waals surface area contributed by atoms with Crippen molar-refractivity contribution in [1.82, 2.24) is 0 Å². The summed E-state index contributed by atoms with van der Waals surface area (Å²) in [5.74, 6) is -0.344. The minimum absolute atomic E-state index is 0.0118. The maximum Gasteiger partial charge on any atom is 0.416 e. The molecule has 2 aromatic carbocycles. The van der Waals surface area contributed by atoms with Crippen LogP contribution in [0.4, 0.5) is 18.9 Å². The number of hydrogen-bond donors (Lipinski definition) is 0. The third-order valence-electron chi connectivity index (χ3n) is 3.07. The first-order chi connectivity index (χ1) is 12.4. The minimum Gasteiger partial charge on any atom is -0.478 e. The summed E-state index contributed by atoms with van der Waals surface area (Å²) in [5, 5.41) is 10.8. The largest absolute Gasteiger partial charge is 0.478 e. The number of nitrogens with zero attached hydrogens (tertiary/aromatic N) is 1. The standard InChI is InChI=1S/C15H11Cl2F3NO5P/c1-27(17,24)8-25-14-7-10(3-4-12(14)21(22)23)26-13-5-2-9(6-11(13)16)15(18,19)20/h2-7H,8H2,1H3. The first-order valence-electron chi connectivity index (χ1n) is 7.09. The fourth-order valence-electron chi connectivity index (χ4n) is 1.90. The summed E-state index contributed by atoms with van der Waals surface area (Å²) >= 11 is 11.4. The lowest BCUT2D eigenvalue weighted by Gasteiger charge is -2.13. The number of nitro groups is 1. The maximum absolute atomic E-state index is 12.7. The monoisotopic (exact) mass is 443 g/mol. The zero-order valence-electron chi connectivity index (χ0n) is 13.5. The van der Waals surface area contributed by atoms with Crippen molar-refractivity contribution in [3.63, 3.8) is 0 Å². The van der Waals surface area contributed by atoms with E-state index in [4.69, 9.17) is 32.3 Å². The van der Waals surface area contributed by atoms with Crippen molar-refractivity contribution in [2.45, 2.75) is 6.18 Å². The number of hydrogen-bond acceptors (Lipinski definition) is 5. The van der Waals surface area contributed by atoms with Gasteiger partial charge in [-0.05, 0) is 24.3 Å². The van der Waals surface area contributed by atoms with Crippen LogP contribution in [0, 0.1) is 10.1 Å². The summed E-state index contributed by atoms with van der Waals surface area (Å²) in [4.78, 5) is 10.3. The lowest BCUT2D eigenvalue weighted by molar-refractivity contribution is -0.385. The molecule has 0 N–H and O–H groups in total. The Morgan fingerprint density at radius 2 is 1.85 bits per heavy atom. The molecule has 0 aromatic heterocycles. The van der Waals surface area contributed by atoms with Crippen molar-refractivity contribution in [3.05, 3.63) is 57.1 Å². The van der Waals surface area contributed by atoms with Gasteiger partial charge in [0.2, 0.25) is 12.2 Å². The summed E-state index contributed by atoms with van der Waals surface area (Å²) in [6, 6.07) is 5.90. The molecule has 0 saturated heterocycles. The number of alkyl halides is 3. The van der Waals surface area contributed by atoms with Crippen LogP contribution in [0.2, 0.25) is 5.02 Å². The van der Waals surface area contributed by atoms with E-state index in [9.17, 15) is 27.9 Å². The van der Waals surface area contributed by atoms with Crippen molar-refractivity contribution in [2.75, 3.05) is 13.0 Å². The molecule has 0 aliphatic heterocycles. The van der Waals surface area contributed by atoms with Crippen molar-refractivity contribution in [3.8, 4) is 17.2 Å². The Kier molecular flexibility index (Phi) is 6.29. The van der Waals surface area contributed by atoms with Gasteiger partial charge < -0.3 is 14.0 Å². The Morgan fingerprint density at radius 1 is 1.19 bits per heavy atom. The van der Waals surface area contributed by atoms with Crippen LogP contribution in [0.15, 0.2) is 36.4 Å². The van der Waals surface area contributed by atoms with Crippen molar-refractivity contribution in [1.29, 1.82) is 0 Å². The molecule has 0 bridgehead atoms. The molecule has 0 radical (unpaired) electrons. The number of nitro benzene ring substituents is 1. The van der Waals surface area contributed by atoms with Gasteiger partial charge in [-0.1, -0.05) is 22.8 Å². The number of ether oxygens (including phenoxy) is 2. The van der Waals surface area contributed by atoms with E-state index in [1.54, 1.807) is 0 Å². The average molecular weight is 444 g/mol. The summed E-state index contributed by atoms with van der Waals surface area (Å²) in [7, 11) is 0. The quantitative estimate of drug-likeness (QED) is 0.287. The van der Waals surface area contributed by atoms with Gasteiger partial charge in [0.15, 0.2) is 6.35 Å². The third-order valence-corrected chi connectivity index (χ3v) is 4.24. The molecular formula is C15H11Cl2F3NO5P.